The van der Waals surface area contributed by atoms with Crippen LogP contribution in [-0.4, -0.2) is 27.4 Å². The van der Waals surface area contributed by atoms with E-state index in [0.717, 1.165) is 0 Å². The van der Waals surface area contributed by atoms with Crippen LogP contribution in [0.1, 0.15) is 59.3 Å². The van der Waals surface area contributed by atoms with Gasteiger partial charge in [0.15, 0.2) is 5.78 Å². The molecule has 0 radical (unpaired) electrons. The van der Waals surface area contributed by atoms with E-state index in [-0.39, 0.29) is 11.5 Å². The molecule has 0 aromatic carbocycles. The molecule has 0 atom stereocenters. The molecule has 18 heavy (non-hydrogen) atoms. The SMILES string of the molecule is CC(=O)c1c(C)[nH]c(C(=O)O)c1CCC(C)(C)N. The van der Waals surface area contributed by atoms with E-state index in [1.165, 1.54) is 6.92 Å². The van der Waals surface area contributed by atoms with Crippen LogP contribution in [0.5, 0.6) is 0 Å². The van der Waals surface area contributed by atoms with Gasteiger partial charge in [0, 0.05) is 16.8 Å². The molecular weight excluding hydrogens is 232 g/mol. The van der Waals surface area contributed by atoms with E-state index in [1.807, 2.05) is 13.8 Å². The Morgan fingerprint density at radius 3 is 2.33 bits per heavy atom. The fraction of sp³-hybridized carbons (Fsp3) is 0.538. The lowest BCUT2D eigenvalue weighted by molar-refractivity contribution is 0.0689. The number of aryl methyl sites for hydroxylation is 1. The van der Waals surface area contributed by atoms with Crippen LogP contribution < -0.4 is 5.73 Å². The van der Waals surface area contributed by atoms with E-state index >= 15 is 0 Å². The number of hydrogen-bond donors (Lipinski definition) is 3. The predicted octanol–water partition coefficient (Wildman–Crippen LogP) is 1.89. The van der Waals surface area contributed by atoms with E-state index in [4.69, 9.17) is 10.8 Å². The number of aromatic amines is 1. The van der Waals surface area contributed by atoms with Crippen molar-refractivity contribution < 1.29 is 14.7 Å². The Bertz CT molecular complexity index is 481. The highest BCUT2D eigenvalue weighted by molar-refractivity contribution is 6.00. The lowest BCUT2D eigenvalue weighted by Crippen LogP contribution is -2.32. The Hall–Kier alpha value is -1.62. The lowest BCUT2D eigenvalue weighted by atomic mass is 9.93. The summed E-state index contributed by atoms with van der Waals surface area (Å²) in [6, 6.07) is 0. The highest BCUT2D eigenvalue weighted by Crippen LogP contribution is 2.23. The van der Waals surface area contributed by atoms with Crippen LogP contribution in [0.25, 0.3) is 0 Å². The summed E-state index contributed by atoms with van der Waals surface area (Å²) in [7, 11) is 0. The summed E-state index contributed by atoms with van der Waals surface area (Å²) < 4.78 is 0. The third kappa shape index (κ3) is 3.20. The van der Waals surface area contributed by atoms with Crippen LogP contribution in [0.15, 0.2) is 0 Å². The molecule has 0 unspecified atom stereocenters. The molecule has 0 saturated heterocycles. The Labute approximate surface area is 106 Å². The molecule has 0 aliphatic rings. The van der Waals surface area contributed by atoms with Crippen molar-refractivity contribution in [2.24, 2.45) is 5.73 Å². The van der Waals surface area contributed by atoms with Gasteiger partial charge in [-0.05, 0) is 46.1 Å². The normalized spacial score (nSPS) is 11.6. The number of nitrogens with two attached hydrogens (primary N) is 1. The summed E-state index contributed by atoms with van der Waals surface area (Å²) in [5.41, 5.74) is 7.25. The molecule has 1 heterocycles. The first kappa shape index (κ1) is 14.4. The van der Waals surface area contributed by atoms with Crippen LogP contribution in [0.3, 0.4) is 0 Å². The van der Waals surface area contributed by atoms with E-state index in [9.17, 15) is 9.59 Å². The minimum absolute atomic E-state index is 0.0990. The zero-order chi connectivity index (χ0) is 14.1. The number of Topliss-reactive ketones (excluding diaryl/α,β-unsaturated/α-hetero) is 1. The zero-order valence-electron chi connectivity index (χ0n) is 11.3. The third-order valence-electron chi connectivity index (χ3n) is 2.88. The van der Waals surface area contributed by atoms with Crippen molar-refractivity contribution in [3.63, 3.8) is 0 Å². The maximum atomic E-state index is 11.6. The standard InChI is InChI=1S/C13H20N2O3/c1-7-10(8(2)16)9(5-6-13(3,4)14)11(15-7)12(17)18/h15H,5-6,14H2,1-4H3,(H,17,18). The molecule has 0 saturated carbocycles. The molecule has 5 heteroatoms. The summed E-state index contributed by atoms with van der Waals surface area (Å²) in [4.78, 5) is 25.5. The highest BCUT2D eigenvalue weighted by Gasteiger charge is 2.23. The number of carboxylic acid groups (broad SMARTS) is 1. The lowest BCUT2D eigenvalue weighted by Gasteiger charge is -2.18. The van der Waals surface area contributed by atoms with Crippen LogP contribution in [-0.2, 0) is 6.42 Å². The molecule has 0 aliphatic carbocycles. The monoisotopic (exact) mass is 252 g/mol. The van der Waals surface area contributed by atoms with Gasteiger partial charge in [-0.25, -0.2) is 4.79 Å². The van der Waals surface area contributed by atoms with E-state index in [0.29, 0.717) is 29.7 Å². The molecule has 5 nitrogen and oxygen atoms in total. The number of nitrogens with one attached hydrogen (secondary N) is 1. The number of carboxylic acids is 1. The van der Waals surface area contributed by atoms with Crippen LogP contribution >= 0.6 is 0 Å². The first-order valence-corrected chi connectivity index (χ1v) is 5.88. The maximum absolute atomic E-state index is 11.6. The van der Waals surface area contributed by atoms with Gasteiger partial charge >= 0.3 is 5.97 Å². The Morgan fingerprint density at radius 2 is 1.94 bits per heavy atom. The van der Waals surface area contributed by atoms with Gasteiger partial charge < -0.3 is 15.8 Å². The second kappa shape index (κ2) is 4.94. The average molecular weight is 252 g/mol. The summed E-state index contributed by atoms with van der Waals surface area (Å²) in [6.45, 7) is 6.90. The minimum atomic E-state index is -1.05. The number of carbonyl (C=O) groups is 2. The minimum Gasteiger partial charge on any atom is -0.477 e. The van der Waals surface area contributed by atoms with Crippen molar-refractivity contribution >= 4 is 11.8 Å². The van der Waals surface area contributed by atoms with Crippen molar-refractivity contribution in [3.05, 3.63) is 22.5 Å². The Morgan fingerprint density at radius 1 is 1.39 bits per heavy atom. The molecule has 0 spiro atoms. The number of ketones is 1. The number of aromatic carboxylic acids is 1. The van der Waals surface area contributed by atoms with Crippen LogP contribution in [0.4, 0.5) is 0 Å². The summed E-state index contributed by atoms with van der Waals surface area (Å²) in [5.74, 6) is -1.17. The summed E-state index contributed by atoms with van der Waals surface area (Å²) in [5, 5.41) is 9.14. The number of carbonyl (C=O) groups excluding carboxylic acids is 1. The Balaban J connectivity index is 3.20. The molecular formula is C13H20N2O3. The summed E-state index contributed by atoms with van der Waals surface area (Å²) in [6.07, 6.45) is 1.09. The van der Waals surface area contributed by atoms with Gasteiger partial charge in [0.25, 0.3) is 0 Å². The van der Waals surface area contributed by atoms with Gasteiger partial charge in [0.2, 0.25) is 0 Å². The molecule has 1 aromatic rings. The number of aromatic nitrogens is 1. The van der Waals surface area contributed by atoms with Gasteiger partial charge in [0.1, 0.15) is 5.69 Å². The van der Waals surface area contributed by atoms with Crippen LogP contribution in [0.2, 0.25) is 0 Å². The quantitative estimate of drug-likeness (QED) is 0.697. The van der Waals surface area contributed by atoms with Crippen molar-refractivity contribution in [3.8, 4) is 0 Å². The molecule has 100 valence electrons. The largest absolute Gasteiger partial charge is 0.477 e. The first-order valence-electron chi connectivity index (χ1n) is 5.88. The number of rotatable bonds is 5. The molecule has 4 N–H and O–H groups in total. The van der Waals surface area contributed by atoms with Crippen molar-refractivity contribution in [1.29, 1.82) is 0 Å². The first-order chi connectivity index (χ1) is 8.13. The van der Waals surface area contributed by atoms with E-state index < -0.39 is 11.5 Å². The maximum Gasteiger partial charge on any atom is 0.352 e. The molecule has 0 bridgehead atoms. The predicted molar refractivity (Wildman–Crippen MR) is 69.1 cm³/mol. The second-order valence-corrected chi connectivity index (χ2v) is 5.33. The molecule has 0 aliphatic heterocycles. The van der Waals surface area contributed by atoms with E-state index in [2.05, 4.69) is 4.98 Å². The topological polar surface area (TPSA) is 96.2 Å². The Kier molecular flexibility index (Phi) is 3.96. The van der Waals surface area contributed by atoms with Gasteiger partial charge in [-0.2, -0.15) is 0 Å². The van der Waals surface area contributed by atoms with Gasteiger partial charge in [-0.15, -0.1) is 0 Å². The number of hydrogen-bond acceptors (Lipinski definition) is 3. The van der Waals surface area contributed by atoms with Crippen LogP contribution in [0, 0.1) is 6.92 Å². The number of H-pyrrole nitrogens is 1. The molecule has 1 rings (SSSR count). The smallest absolute Gasteiger partial charge is 0.352 e. The second-order valence-electron chi connectivity index (χ2n) is 5.33. The summed E-state index contributed by atoms with van der Waals surface area (Å²) >= 11 is 0. The highest BCUT2D eigenvalue weighted by atomic mass is 16.4. The van der Waals surface area contributed by atoms with Gasteiger partial charge in [-0.3, -0.25) is 4.79 Å². The fourth-order valence-corrected chi connectivity index (χ4v) is 2.03. The van der Waals surface area contributed by atoms with Gasteiger partial charge in [0.05, 0.1) is 0 Å². The zero-order valence-corrected chi connectivity index (χ0v) is 11.3. The molecule has 0 fully saturated rings. The fourth-order valence-electron chi connectivity index (χ4n) is 2.03. The van der Waals surface area contributed by atoms with E-state index in [1.54, 1.807) is 6.92 Å². The molecule has 1 aromatic heterocycles. The molecule has 0 amide bonds. The van der Waals surface area contributed by atoms with Gasteiger partial charge in [-0.1, -0.05) is 0 Å². The van der Waals surface area contributed by atoms with Crippen molar-refractivity contribution in [1.82, 2.24) is 4.98 Å². The van der Waals surface area contributed by atoms with Crippen molar-refractivity contribution in [2.75, 3.05) is 0 Å². The van der Waals surface area contributed by atoms with Crippen molar-refractivity contribution in [2.45, 2.75) is 46.1 Å². The average Bonchev–Trinajstić information content (AvgIpc) is 2.51. The third-order valence-corrected chi connectivity index (χ3v) is 2.88.